The van der Waals surface area contributed by atoms with Crippen molar-refractivity contribution in [2.45, 2.75) is 32.4 Å². The van der Waals surface area contributed by atoms with Crippen molar-refractivity contribution in [2.24, 2.45) is 5.92 Å². The van der Waals surface area contributed by atoms with E-state index in [2.05, 4.69) is 0 Å². The van der Waals surface area contributed by atoms with Gasteiger partial charge >= 0.3 is 18.1 Å². The molecule has 0 spiro atoms. The van der Waals surface area contributed by atoms with Crippen LogP contribution >= 0.6 is 0 Å². The van der Waals surface area contributed by atoms with Crippen LogP contribution in [0.5, 0.6) is 0 Å². The van der Waals surface area contributed by atoms with Gasteiger partial charge in [-0.05, 0) is 38.0 Å². The third-order valence-corrected chi connectivity index (χ3v) is 3.81. The molecule has 0 aliphatic heterocycles. The van der Waals surface area contributed by atoms with E-state index >= 15 is 0 Å². The predicted molar refractivity (Wildman–Crippen MR) is 91.8 cm³/mol. The fourth-order valence-corrected chi connectivity index (χ4v) is 2.59. The summed E-state index contributed by atoms with van der Waals surface area (Å²) in [5.74, 6) is -3.74. The largest absolute Gasteiger partial charge is 0.465 e. The number of ether oxygens (including phenoxy) is 2. The number of hydrogen-bond acceptors (Lipinski definition) is 5. The Kier molecular flexibility index (Phi) is 9.00. The molecule has 0 bridgehead atoms. The smallest absolute Gasteiger partial charge is 0.416 e. The minimum atomic E-state index is -4.49. The number of allylic oxidation sites excluding steroid dienone is 1. The van der Waals surface area contributed by atoms with E-state index in [1.165, 1.54) is 18.2 Å². The van der Waals surface area contributed by atoms with E-state index in [1.54, 1.807) is 19.9 Å². The Morgan fingerprint density at radius 1 is 1.04 bits per heavy atom. The molecule has 0 aliphatic carbocycles. The van der Waals surface area contributed by atoms with Crippen LogP contribution in [0.3, 0.4) is 0 Å². The summed E-state index contributed by atoms with van der Waals surface area (Å²) in [6.45, 7) is 3.00. The van der Waals surface area contributed by atoms with Crippen LogP contribution in [0.15, 0.2) is 36.4 Å². The molecule has 1 rings (SSSR count). The van der Waals surface area contributed by atoms with Gasteiger partial charge in [0.1, 0.15) is 0 Å². The molecule has 0 fully saturated rings. The van der Waals surface area contributed by atoms with Crippen LogP contribution in [-0.2, 0) is 25.2 Å². The van der Waals surface area contributed by atoms with Crippen LogP contribution in [0.25, 0.3) is 0 Å². The fraction of sp³-hybridized carbons (Fsp3) is 0.474. The second-order valence-electron chi connectivity index (χ2n) is 5.60. The van der Waals surface area contributed by atoms with Crippen molar-refractivity contribution < 1.29 is 37.3 Å². The monoisotopic (exact) mass is 388 g/mol. The van der Waals surface area contributed by atoms with Crippen molar-refractivity contribution >= 4 is 11.9 Å². The summed E-state index contributed by atoms with van der Waals surface area (Å²) in [6.07, 6.45) is -1.39. The SMILES string of the molecule is CCOC(=O)C(C(=O)OCC)[C@H](C/C=C/CO)c1ccc(C(F)(F)F)cc1. The average molecular weight is 388 g/mol. The Morgan fingerprint density at radius 3 is 1.96 bits per heavy atom. The molecule has 0 saturated heterocycles. The van der Waals surface area contributed by atoms with Gasteiger partial charge in [-0.15, -0.1) is 0 Å². The molecule has 1 aromatic rings. The van der Waals surface area contributed by atoms with Gasteiger partial charge in [0.25, 0.3) is 0 Å². The van der Waals surface area contributed by atoms with E-state index in [9.17, 15) is 22.8 Å². The number of carbonyl (C=O) groups is 2. The molecule has 0 aromatic heterocycles. The maximum Gasteiger partial charge on any atom is 0.416 e. The molecule has 150 valence electrons. The zero-order valence-electron chi connectivity index (χ0n) is 15.2. The van der Waals surface area contributed by atoms with E-state index in [-0.39, 0.29) is 26.2 Å². The molecule has 0 saturated carbocycles. The molecule has 27 heavy (non-hydrogen) atoms. The third-order valence-electron chi connectivity index (χ3n) is 3.81. The molecule has 0 amide bonds. The van der Waals surface area contributed by atoms with Gasteiger partial charge in [0, 0.05) is 5.92 Å². The van der Waals surface area contributed by atoms with E-state index in [0.29, 0.717) is 5.56 Å². The van der Waals surface area contributed by atoms with Crippen molar-refractivity contribution in [2.75, 3.05) is 19.8 Å². The predicted octanol–water partition coefficient (Wildman–Crippen LogP) is 3.47. The van der Waals surface area contributed by atoms with Crippen molar-refractivity contribution in [1.29, 1.82) is 0 Å². The van der Waals surface area contributed by atoms with Gasteiger partial charge in [0.2, 0.25) is 0 Å². The van der Waals surface area contributed by atoms with Crippen molar-refractivity contribution in [3.63, 3.8) is 0 Å². The quantitative estimate of drug-likeness (QED) is 0.398. The lowest BCUT2D eigenvalue weighted by Gasteiger charge is -2.24. The maximum absolute atomic E-state index is 12.8. The normalized spacial score (nSPS) is 13.0. The van der Waals surface area contributed by atoms with Crippen LogP contribution in [-0.4, -0.2) is 36.9 Å². The second kappa shape index (κ2) is 10.7. The molecule has 8 heteroatoms. The number of halogens is 3. The highest BCUT2D eigenvalue weighted by molar-refractivity contribution is 5.96. The van der Waals surface area contributed by atoms with Crippen LogP contribution in [0.1, 0.15) is 37.3 Å². The van der Waals surface area contributed by atoms with Crippen molar-refractivity contribution in [3.8, 4) is 0 Å². The van der Waals surface area contributed by atoms with Gasteiger partial charge in [0.05, 0.1) is 25.4 Å². The topological polar surface area (TPSA) is 72.8 Å². The van der Waals surface area contributed by atoms with E-state index in [1.807, 2.05) is 0 Å². The number of alkyl halides is 3. The van der Waals surface area contributed by atoms with Crippen molar-refractivity contribution in [1.82, 2.24) is 0 Å². The summed E-state index contributed by atoms with van der Waals surface area (Å²) >= 11 is 0. The lowest BCUT2D eigenvalue weighted by atomic mass is 9.83. The zero-order chi connectivity index (χ0) is 20.4. The minimum Gasteiger partial charge on any atom is -0.465 e. The number of rotatable bonds is 9. The summed E-state index contributed by atoms with van der Waals surface area (Å²) in [5.41, 5.74) is -0.476. The van der Waals surface area contributed by atoms with Gasteiger partial charge in [0.15, 0.2) is 5.92 Å². The molecule has 5 nitrogen and oxygen atoms in total. The molecule has 0 radical (unpaired) electrons. The van der Waals surface area contributed by atoms with E-state index < -0.39 is 35.5 Å². The first-order valence-electron chi connectivity index (χ1n) is 8.52. The fourth-order valence-electron chi connectivity index (χ4n) is 2.59. The Bertz CT molecular complexity index is 620. The van der Waals surface area contributed by atoms with Gasteiger partial charge in [-0.3, -0.25) is 9.59 Å². The highest BCUT2D eigenvalue weighted by Gasteiger charge is 2.38. The van der Waals surface area contributed by atoms with Crippen LogP contribution < -0.4 is 0 Å². The molecule has 1 N–H and O–H groups in total. The molecule has 1 atom stereocenters. The third kappa shape index (κ3) is 6.71. The van der Waals surface area contributed by atoms with Crippen LogP contribution in [0.4, 0.5) is 13.2 Å². The highest BCUT2D eigenvalue weighted by Crippen LogP contribution is 2.34. The number of benzene rings is 1. The number of esters is 2. The summed E-state index contributed by atoms with van der Waals surface area (Å²) in [5, 5.41) is 8.91. The van der Waals surface area contributed by atoms with Gasteiger partial charge in [-0.25, -0.2) is 0 Å². The highest BCUT2D eigenvalue weighted by atomic mass is 19.4. The van der Waals surface area contributed by atoms with Gasteiger partial charge < -0.3 is 14.6 Å². The number of hydrogen-bond donors (Lipinski definition) is 1. The Labute approximate surface area is 155 Å². The maximum atomic E-state index is 12.8. The number of aliphatic hydroxyl groups excluding tert-OH is 1. The summed E-state index contributed by atoms with van der Waals surface area (Å²) in [7, 11) is 0. The molecular weight excluding hydrogens is 365 g/mol. The number of carbonyl (C=O) groups excluding carboxylic acids is 2. The first-order valence-corrected chi connectivity index (χ1v) is 8.52. The van der Waals surface area contributed by atoms with Crippen molar-refractivity contribution in [3.05, 3.63) is 47.5 Å². The van der Waals surface area contributed by atoms with E-state index in [0.717, 1.165) is 12.1 Å². The summed E-state index contributed by atoms with van der Waals surface area (Å²) < 4.78 is 48.3. The van der Waals surface area contributed by atoms with Gasteiger partial charge in [-0.2, -0.15) is 13.2 Å². The Morgan fingerprint density at radius 2 is 1.56 bits per heavy atom. The minimum absolute atomic E-state index is 0.0426. The van der Waals surface area contributed by atoms with Gasteiger partial charge in [-0.1, -0.05) is 24.3 Å². The molecular formula is C19H23F3O5. The molecule has 1 aromatic carbocycles. The lowest BCUT2D eigenvalue weighted by Crippen LogP contribution is -2.33. The van der Waals surface area contributed by atoms with Crippen LogP contribution in [0.2, 0.25) is 0 Å². The number of aliphatic hydroxyl groups is 1. The second-order valence-corrected chi connectivity index (χ2v) is 5.60. The molecule has 0 unspecified atom stereocenters. The van der Waals surface area contributed by atoms with Crippen LogP contribution in [0, 0.1) is 5.92 Å². The zero-order valence-corrected chi connectivity index (χ0v) is 15.2. The first-order chi connectivity index (χ1) is 12.8. The first kappa shape index (κ1) is 22.7. The average Bonchev–Trinajstić information content (AvgIpc) is 2.61. The molecule has 0 heterocycles. The Hall–Kier alpha value is -2.35. The Balaban J connectivity index is 3.31. The molecule has 0 aliphatic rings. The lowest BCUT2D eigenvalue weighted by molar-refractivity contribution is -0.162. The summed E-state index contributed by atoms with van der Waals surface area (Å²) in [4.78, 5) is 24.7. The van der Waals surface area contributed by atoms with E-state index in [4.69, 9.17) is 14.6 Å². The summed E-state index contributed by atoms with van der Waals surface area (Å²) in [6, 6.07) is 4.24. The standard InChI is InChI=1S/C19H23F3O5/c1-3-26-17(24)16(18(25)27-4-2)15(7-5-6-12-23)13-8-10-14(11-9-13)19(20,21)22/h5-6,8-11,15-16,23H,3-4,7,12H2,1-2H3/b6-5+/t15-/m1/s1.